The van der Waals surface area contributed by atoms with Gasteiger partial charge in [-0.05, 0) is 25.2 Å². The van der Waals surface area contributed by atoms with Gasteiger partial charge in [-0.25, -0.2) is 8.42 Å². The summed E-state index contributed by atoms with van der Waals surface area (Å²) >= 11 is 0. The van der Waals surface area contributed by atoms with Gasteiger partial charge < -0.3 is 10.8 Å². The summed E-state index contributed by atoms with van der Waals surface area (Å²) in [6.07, 6.45) is 1.35. The molecular weight excluding hydrogens is 226 g/mol. The van der Waals surface area contributed by atoms with Crippen molar-refractivity contribution in [2.75, 3.05) is 13.2 Å². The maximum absolute atomic E-state index is 12.6. The zero-order valence-corrected chi connectivity index (χ0v) is 11.4. The van der Waals surface area contributed by atoms with Gasteiger partial charge in [-0.1, -0.05) is 20.8 Å². The van der Waals surface area contributed by atoms with Crippen molar-refractivity contribution in [2.45, 2.75) is 50.0 Å². The molecule has 1 aliphatic rings. The van der Waals surface area contributed by atoms with Crippen LogP contribution in [0.2, 0.25) is 0 Å². The molecule has 1 atom stereocenters. The first-order chi connectivity index (χ1) is 7.08. The van der Waals surface area contributed by atoms with Crippen LogP contribution in [0.4, 0.5) is 0 Å². The van der Waals surface area contributed by atoms with Crippen LogP contribution in [-0.4, -0.2) is 36.2 Å². The molecule has 3 N–H and O–H groups in total. The molecule has 1 fully saturated rings. The number of nitrogens with two attached hydrogens (primary N) is 1. The largest absolute Gasteiger partial charge is 0.395 e. The Hall–Kier alpha value is -0.130. The Morgan fingerprint density at radius 1 is 1.25 bits per heavy atom. The van der Waals surface area contributed by atoms with E-state index in [0.717, 1.165) is 0 Å². The second kappa shape index (κ2) is 3.68. The van der Waals surface area contributed by atoms with E-state index in [1.807, 2.05) is 20.8 Å². The van der Waals surface area contributed by atoms with Crippen molar-refractivity contribution < 1.29 is 13.5 Å². The fourth-order valence-electron chi connectivity index (χ4n) is 2.27. The van der Waals surface area contributed by atoms with Crippen LogP contribution in [0.3, 0.4) is 0 Å². The SMILES string of the molecule is CC(C)(C)C1(S(=O)(=O)C(C)(CN)CO)CC1. The first-order valence-electron chi connectivity index (χ1n) is 5.63. The average Bonchev–Trinajstić information content (AvgIpc) is 2.95. The number of sulfone groups is 1. The monoisotopic (exact) mass is 249 g/mol. The highest BCUT2D eigenvalue weighted by Crippen LogP contribution is 2.58. The van der Waals surface area contributed by atoms with Crippen LogP contribution in [0.5, 0.6) is 0 Å². The maximum Gasteiger partial charge on any atom is 0.165 e. The molecule has 0 aromatic rings. The third kappa shape index (κ3) is 1.60. The van der Waals surface area contributed by atoms with Gasteiger partial charge >= 0.3 is 0 Å². The van der Waals surface area contributed by atoms with Crippen LogP contribution in [0.25, 0.3) is 0 Å². The second-order valence-electron chi connectivity index (χ2n) is 6.06. The van der Waals surface area contributed by atoms with E-state index in [1.54, 1.807) is 0 Å². The molecular formula is C11H23NO3S. The summed E-state index contributed by atoms with van der Waals surface area (Å²) in [5.74, 6) is 0. The van der Waals surface area contributed by atoms with Gasteiger partial charge in [0.1, 0.15) is 4.75 Å². The van der Waals surface area contributed by atoms with Gasteiger partial charge in [-0.15, -0.1) is 0 Å². The van der Waals surface area contributed by atoms with E-state index in [9.17, 15) is 13.5 Å². The number of aliphatic hydroxyl groups excluding tert-OH is 1. The van der Waals surface area contributed by atoms with Crippen molar-refractivity contribution >= 4 is 9.84 Å². The van der Waals surface area contributed by atoms with Crippen molar-refractivity contribution in [3.05, 3.63) is 0 Å². The molecule has 1 rings (SSSR count). The predicted molar refractivity (Wildman–Crippen MR) is 64.9 cm³/mol. The Balaban J connectivity index is 3.24. The second-order valence-corrected chi connectivity index (χ2v) is 8.83. The minimum Gasteiger partial charge on any atom is -0.395 e. The summed E-state index contributed by atoms with van der Waals surface area (Å²) in [6.45, 7) is 6.89. The van der Waals surface area contributed by atoms with Crippen LogP contribution in [0.1, 0.15) is 40.5 Å². The van der Waals surface area contributed by atoms with E-state index in [1.165, 1.54) is 6.92 Å². The highest BCUT2D eigenvalue weighted by molar-refractivity contribution is 7.94. The van der Waals surface area contributed by atoms with Crippen molar-refractivity contribution in [3.8, 4) is 0 Å². The lowest BCUT2D eigenvalue weighted by Gasteiger charge is -2.38. The summed E-state index contributed by atoms with van der Waals surface area (Å²) < 4.78 is 23.3. The van der Waals surface area contributed by atoms with Crippen LogP contribution < -0.4 is 5.73 Å². The molecule has 0 bridgehead atoms. The van der Waals surface area contributed by atoms with E-state index in [2.05, 4.69) is 0 Å². The Bertz CT molecular complexity index is 359. The fourth-order valence-corrected chi connectivity index (χ4v) is 5.04. The normalized spacial score (nSPS) is 23.9. The van der Waals surface area contributed by atoms with Crippen LogP contribution in [-0.2, 0) is 9.84 Å². The molecule has 0 radical (unpaired) electrons. The Morgan fingerprint density at radius 3 is 1.88 bits per heavy atom. The first kappa shape index (κ1) is 13.9. The lowest BCUT2D eigenvalue weighted by atomic mass is 9.89. The van der Waals surface area contributed by atoms with Crippen molar-refractivity contribution in [1.82, 2.24) is 0 Å². The molecule has 1 saturated carbocycles. The van der Waals surface area contributed by atoms with Gasteiger partial charge in [0.15, 0.2) is 9.84 Å². The maximum atomic E-state index is 12.6. The smallest absolute Gasteiger partial charge is 0.165 e. The van der Waals surface area contributed by atoms with E-state index in [0.29, 0.717) is 12.8 Å². The third-order valence-corrected chi connectivity index (χ3v) is 7.64. The lowest BCUT2D eigenvalue weighted by molar-refractivity contribution is 0.246. The minimum absolute atomic E-state index is 0.0380. The van der Waals surface area contributed by atoms with Crippen LogP contribution in [0, 0.1) is 5.41 Å². The molecule has 0 aliphatic heterocycles. The molecule has 0 amide bonds. The standard InChI is InChI=1S/C11H23NO3S/c1-9(2,3)11(5-6-11)16(14,15)10(4,7-12)8-13/h13H,5-8,12H2,1-4H3. The van der Waals surface area contributed by atoms with Gasteiger partial charge in [0.25, 0.3) is 0 Å². The molecule has 0 heterocycles. The molecule has 16 heavy (non-hydrogen) atoms. The average molecular weight is 249 g/mol. The van der Waals surface area contributed by atoms with Gasteiger partial charge in [-0.2, -0.15) is 0 Å². The van der Waals surface area contributed by atoms with Crippen molar-refractivity contribution in [1.29, 1.82) is 0 Å². The molecule has 96 valence electrons. The Morgan fingerprint density at radius 2 is 1.69 bits per heavy atom. The van der Waals surface area contributed by atoms with Gasteiger partial charge in [0.2, 0.25) is 0 Å². The molecule has 4 nitrogen and oxygen atoms in total. The Labute approximate surface area is 98.1 Å². The van der Waals surface area contributed by atoms with Crippen molar-refractivity contribution in [2.24, 2.45) is 11.1 Å². The van der Waals surface area contributed by atoms with E-state index < -0.39 is 25.9 Å². The molecule has 1 unspecified atom stereocenters. The molecule has 1 aliphatic carbocycles. The number of aliphatic hydroxyl groups is 1. The van der Waals surface area contributed by atoms with Crippen LogP contribution in [0.15, 0.2) is 0 Å². The topological polar surface area (TPSA) is 80.4 Å². The molecule has 0 aromatic carbocycles. The molecule has 0 saturated heterocycles. The van der Waals surface area contributed by atoms with Gasteiger partial charge in [-0.3, -0.25) is 0 Å². The highest BCUT2D eigenvalue weighted by Gasteiger charge is 2.65. The number of hydrogen-bond acceptors (Lipinski definition) is 4. The van der Waals surface area contributed by atoms with Gasteiger partial charge in [0, 0.05) is 6.54 Å². The molecule has 0 aromatic heterocycles. The summed E-state index contributed by atoms with van der Waals surface area (Å²) in [5, 5.41) is 9.32. The third-order valence-electron chi connectivity index (χ3n) is 4.00. The molecule has 5 heteroatoms. The fraction of sp³-hybridized carbons (Fsp3) is 1.00. The summed E-state index contributed by atoms with van der Waals surface area (Å²) in [4.78, 5) is 0. The summed E-state index contributed by atoms with van der Waals surface area (Å²) in [7, 11) is -3.42. The zero-order valence-electron chi connectivity index (χ0n) is 10.6. The summed E-state index contributed by atoms with van der Waals surface area (Å²) in [5.41, 5.74) is 5.22. The predicted octanol–water partition coefficient (Wildman–Crippen LogP) is 0.690. The first-order valence-corrected chi connectivity index (χ1v) is 7.11. The van der Waals surface area contributed by atoms with Crippen molar-refractivity contribution in [3.63, 3.8) is 0 Å². The highest BCUT2D eigenvalue weighted by atomic mass is 32.2. The number of rotatable bonds is 4. The Kier molecular flexibility index (Phi) is 3.21. The van der Waals surface area contributed by atoms with E-state index in [4.69, 9.17) is 5.73 Å². The van der Waals surface area contributed by atoms with E-state index >= 15 is 0 Å². The quantitative estimate of drug-likeness (QED) is 0.768. The van der Waals surface area contributed by atoms with E-state index in [-0.39, 0.29) is 12.0 Å². The van der Waals surface area contributed by atoms with Gasteiger partial charge in [0.05, 0.1) is 11.4 Å². The number of hydrogen-bond donors (Lipinski definition) is 2. The zero-order chi connectivity index (χ0) is 12.8. The van der Waals surface area contributed by atoms with Crippen LogP contribution >= 0.6 is 0 Å². The lowest BCUT2D eigenvalue weighted by Crippen LogP contribution is -2.54. The summed E-state index contributed by atoms with van der Waals surface area (Å²) in [6, 6.07) is 0. The molecule has 0 spiro atoms. The minimum atomic E-state index is -3.42.